The Kier molecular flexibility index (Phi) is 9.00. The maximum Gasteiger partial charge on any atom is 0.162 e. The molecule has 0 bridgehead atoms. The second-order valence-electron chi connectivity index (χ2n) is 3.49. The van der Waals surface area contributed by atoms with Crippen LogP contribution in [-0.4, -0.2) is 45.4 Å². The van der Waals surface area contributed by atoms with Crippen molar-refractivity contribution in [1.82, 2.24) is 0 Å². The van der Waals surface area contributed by atoms with Crippen molar-refractivity contribution in [3.8, 4) is 0 Å². The second kappa shape index (κ2) is 9.09. The van der Waals surface area contributed by atoms with Crippen LogP contribution in [0.3, 0.4) is 0 Å². The van der Waals surface area contributed by atoms with Crippen LogP contribution in [-0.2, 0) is 18.9 Å². The van der Waals surface area contributed by atoms with Crippen LogP contribution >= 0.6 is 0 Å². The molecule has 0 amide bonds. The van der Waals surface area contributed by atoms with Crippen molar-refractivity contribution >= 4 is 0 Å². The van der Waals surface area contributed by atoms with Gasteiger partial charge in [0.05, 0.1) is 26.4 Å². The van der Waals surface area contributed by atoms with E-state index in [1.54, 1.807) is 0 Å². The summed E-state index contributed by atoms with van der Waals surface area (Å²) in [4.78, 5) is 0. The third-order valence-corrected chi connectivity index (χ3v) is 1.76. The molecule has 4 heteroatoms. The van der Waals surface area contributed by atoms with Crippen LogP contribution in [0.1, 0.15) is 27.7 Å². The summed E-state index contributed by atoms with van der Waals surface area (Å²) in [6.07, 6.45) is 0. The minimum atomic E-state index is -0.561. The van der Waals surface area contributed by atoms with E-state index in [-0.39, 0.29) is 0 Å². The van der Waals surface area contributed by atoms with Crippen molar-refractivity contribution in [1.29, 1.82) is 0 Å². The lowest BCUT2D eigenvalue weighted by molar-refractivity contribution is -0.222. The third-order valence-electron chi connectivity index (χ3n) is 1.76. The van der Waals surface area contributed by atoms with Gasteiger partial charge in [-0.15, -0.1) is 0 Å². The van der Waals surface area contributed by atoms with Crippen LogP contribution in [0, 0.1) is 0 Å². The first-order valence-electron chi connectivity index (χ1n) is 5.55. The van der Waals surface area contributed by atoms with Gasteiger partial charge in [0.2, 0.25) is 0 Å². The van der Waals surface area contributed by atoms with E-state index >= 15 is 0 Å². The van der Waals surface area contributed by atoms with E-state index in [4.69, 9.17) is 18.9 Å². The predicted molar refractivity (Wildman–Crippen MR) is 59.0 cm³/mol. The Labute approximate surface area is 92.8 Å². The Morgan fingerprint density at radius 1 is 0.733 bits per heavy atom. The second-order valence-corrected chi connectivity index (χ2v) is 3.49. The van der Waals surface area contributed by atoms with Crippen LogP contribution in [0.15, 0.2) is 0 Å². The zero-order chi connectivity index (χ0) is 11.6. The molecule has 0 fully saturated rings. The first-order valence-corrected chi connectivity index (χ1v) is 5.55. The fourth-order valence-corrected chi connectivity index (χ4v) is 1.02. The van der Waals surface area contributed by atoms with Gasteiger partial charge in [0.1, 0.15) is 0 Å². The monoisotopic (exact) mass is 220 g/mol. The Morgan fingerprint density at radius 2 is 1.13 bits per heavy atom. The molecule has 0 heterocycles. The van der Waals surface area contributed by atoms with Crippen molar-refractivity contribution in [2.45, 2.75) is 33.5 Å². The highest BCUT2D eigenvalue weighted by Gasteiger charge is 2.18. The molecule has 4 nitrogen and oxygen atoms in total. The summed E-state index contributed by atoms with van der Waals surface area (Å²) in [5, 5.41) is 0. The van der Waals surface area contributed by atoms with Gasteiger partial charge in [-0.25, -0.2) is 0 Å². The van der Waals surface area contributed by atoms with Crippen molar-refractivity contribution in [2.24, 2.45) is 0 Å². The average Bonchev–Trinajstić information content (AvgIpc) is 2.20. The highest BCUT2D eigenvalue weighted by Crippen LogP contribution is 2.10. The quantitative estimate of drug-likeness (QED) is 0.416. The van der Waals surface area contributed by atoms with E-state index in [9.17, 15) is 0 Å². The van der Waals surface area contributed by atoms with Gasteiger partial charge in [-0.2, -0.15) is 0 Å². The number of rotatable bonds is 10. The summed E-state index contributed by atoms with van der Waals surface area (Å²) in [6, 6.07) is 0. The van der Waals surface area contributed by atoms with Crippen LogP contribution in [0.5, 0.6) is 0 Å². The highest BCUT2D eigenvalue weighted by atomic mass is 16.7. The van der Waals surface area contributed by atoms with E-state index < -0.39 is 5.79 Å². The molecular weight excluding hydrogens is 196 g/mol. The molecule has 0 rings (SSSR count). The van der Waals surface area contributed by atoms with Crippen molar-refractivity contribution in [3.05, 3.63) is 0 Å². The minimum absolute atomic E-state index is 0.551. The summed E-state index contributed by atoms with van der Waals surface area (Å²) in [6.45, 7) is 11.5. The highest BCUT2D eigenvalue weighted by molar-refractivity contribution is 4.53. The van der Waals surface area contributed by atoms with Crippen LogP contribution in [0.25, 0.3) is 0 Å². The van der Waals surface area contributed by atoms with Gasteiger partial charge in [0, 0.05) is 13.2 Å². The molecule has 0 saturated carbocycles. The van der Waals surface area contributed by atoms with Crippen molar-refractivity contribution in [2.75, 3.05) is 39.6 Å². The third kappa shape index (κ3) is 10.1. The first-order chi connectivity index (χ1) is 7.12. The van der Waals surface area contributed by atoms with Gasteiger partial charge in [0.15, 0.2) is 5.79 Å². The van der Waals surface area contributed by atoms with Gasteiger partial charge in [-0.05, 0) is 27.7 Å². The molecule has 0 aliphatic carbocycles. The van der Waals surface area contributed by atoms with Crippen LogP contribution in [0.2, 0.25) is 0 Å². The maximum atomic E-state index is 5.51. The maximum absolute atomic E-state index is 5.51. The molecule has 0 unspecified atom stereocenters. The molecule has 0 radical (unpaired) electrons. The molecule has 0 aromatic heterocycles. The summed E-state index contributed by atoms with van der Waals surface area (Å²) < 4.78 is 21.4. The van der Waals surface area contributed by atoms with E-state index in [1.807, 2.05) is 27.7 Å². The molecule has 0 aromatic carbocycles. The molecule has 92 valence electrons. The van der Waals surface area contributed by atoms with E-state index in [1.165, 1.54) is 0 Å². The largest absolute Gasteiger partial charge is 0.379 e. The van der Waals surface area contributed by atoms with Crippen LogP contribution in [0.4, 0.5) is 0 Å². The van der Waals surface area contributed by atoms with Gasteiger partial charge < -0.3 is 18.9 Å². The lowest BCUT2D eigenvalue weighted by Gasteiger charge is -2.25. The number of hydrogen-bond acceptors (Lipinski definition) is 4. The van der Waals surface area contributed by atoms with E-state index in [2.05, 4.69) is 0 Å². The summed E-state index contributed by atoms with van der Waals surface area (Å²) in [5.74, 6) is -0.561. The van der Waals surface area contributed by atoms with Crippen molar-refractivity contribution < 1.29 is 18.9 Å². The molecule has 0 atom stereocenters. The Hall–Kier alpha value is -0.160. The fraction of sp³-hybridized carbons (Fsp3) is 1.00. The lowest BCUT2D eigenvalue weighted by Crippen LogP contribution is -2.31. The lowest BCUT2D eigenvalue weighted by atomic mass is 10.4. The zero-order valence-corrected chi connectivity index (χ0v) is 10.4. The molecule has 0 aliphatic heterocycles. The van der Waals surface area contributed by atoms with Gasteiger partial charge >= 0.3 is 0 Å². The molecule has 0 N–H and O–H groups in total. The summed E-state index contributed by atoms with van der Waals surface area (Å²) >= 11 is 0. The molecular formula is C11H24O4. The molecule has 0 saturated heterocycles. The fourth-order valence-electron chi connectivity index (χ4n) is 1.02. The van der Waals surface area contributed by atoms with E-state index in [0.717, 1.165) is 13.2 Å². The predicted octanol–water partition coefficient (Wildman–Crippen LogP) is 1.83. The molecule has 15 heavy (non-hydrogen) atoms. The zero-order valence-electron chi connectivity index (χ0n) is 10.4. The van der Waals surface area contributed by atoms with Gasteiger partial charge in [0.25, 0.3) is 0 Å². The number of ether oxygens (including phenoxy) is 4. The summed E-state index contributed by atoms with van der Waals surface area (Å²) in [5.41, 5.74) is 0. The van der Waals surface area contributed by atoms with E-state index in [0.29, 0.717) is 26.4 Å². The Balaban J connectivity index is 3.40. The Bertz CT molecular complexity index is 123. The van der Waals surface area contributed by atoms with Crippen LogP contribution < -0.4 is 0 Å². The molecule has 0 spiro atoms. The van der Waals surface area contributed by atoms with Gasteiger partial charge in [-0.1, -0.05) is 0 Å². The van der Waals surface area contributed by atoms with Crippen molar-refractivity contribution in [3.63, 3.8) is 0 Å². The summed E-state index contributed by atoms with van der Waals surface area (Å²) in [7, 11) is 0. The first kappa shape index (κ1) is 14.8. The molecule has 0 aromatic rings. The smallest absolute Gasteiger partial charge is 0.162 e. The normalized spacial score (nSPS) is 12.0. The molecule has 0 aliphatic rings. The topological polar surface area (TPSA) is 36.9 Å². The average molecular weight is 220 g/mol. The number of hydrogen-bond donors (Lipinski definition) is 0. The van der Waals surface area contributed by atoms with Gasteiger partial charge in [-0.3, -0.25) is 0 Å². The minimum Gasteiger partial charge on any atom is -0.379 e. The SMILES string of the molecule is CCOCCOC(C)(C)OCCOCC. The Morgan fingerprint density at radius 3 is 1.47 bits per heavy atom. The standard InChI is InChI=1S/C11H24O4/c1-5-12-7-9-14-11(3,4)15-10-8-13-6-2/h5-10H2,1-4H3.